The fraction of sp³-hybridized carbons (Fsp3) is 0.833. The van der Waals surface area contributed by atoms with Crippen LogP contribution in [0.25, 0.3) is 0 Å². The zero-order valence-corrected chi connectivity index (χ0v) is 10.2. The van der Waals surface area contributed by atoms with Gasteiger partial charge in [-0.2, -0.15) is 5.26 Å². The molecular formula is C12H20N2O2. The molecule has 1 aliphatic carbocycles. The maximum Gasteiger partial charge on any atom is 0.242 e. The van der Waals surface area contributed by atoms with Gasteiger partial charge in [-0.1, -0.05) is 12.8 Å². The third kappa shape index (κ3) is 2.73. The molecule has 4 nitrogen and oxygen atoms in total. The first-order chi connectivity index (χ1) is 7.66. The molecule has 1 fully saturated rings. The van der Waals surface area contributed by atoms with Gasteiger partial charge >= 0.3 is 0 Å². The lowest BCUT2D eigenvalue weighted by Crippen LogP contribution is -2.40. The Morgan fingerprint density at radius 1 is 1.50 bits per heavy atom. The zero-order valence-electron chi connectivity index (χ0n) is 10.2. The minimum atomic E-state index is -0.734. The topological polar surface area (TPSA) is 53.3 Å². The van der Waals surface area contributed by atoms with E-state index in [2.05, 4.69) is 6.07 Å². The third-order valence-electron chi connectivity index (χ3n) is 3.27. The lowest BCUT2D eigenvalue weighted by atomic mass is 9.86. The molecule has 0 N–H and O–H groups in total. The number of ether oxygens (including phenoxy) is 1. The summed E-state index contributed by atoms with van der Waals surface area (Å²) in [6.45, 7) is 1.31. The number of carbonyl (C=O) groups is 1. The van der Waals surface area contributed by atoms with Crippen LogP contribution in [0.5, 0.6) is 0 Å². The summed E-state index contributed by atoms with van der Waals surface area (Å²) in [6.07, 6.45) is 4.24. The predicted octanol–water partition coefficient (Wildman–Crippen LogP) is 1.57. The Morgan fingerprint density at radius 2 is 2.12 bits per heavy atom. The van der Waals surface area contributed by atoms with Gasteiger partial charge in [-0.25, -0.2) is 0 Å². The lowest BCUT2D eigenvalue weighted by molar-refractivity contribution is -0.137. The number of carbonyl (C=O) groups excluding carboxylic acids is 1. The molecule has 4 heteroatoms. The number of hydrogen-bond acceptors (Lipinski definition) is 3. The summed E-state index contributed by atoms with van der Waals surface area (Å²) < 4.78 is 4.95. The highest BCUT2D eigenvalue weighted by Gasteiger charge is 2.42. The van der Waals surface area contributed by atoms with Crippen LogP contribution in [0.2, 0.25) is 0 Å². The van der Waals surface area contributed by atoms with Crippen LogP contribution in [0, 0.1) is 16.7 Å². The van der Waals surface area contributed by atoms with Crippen molar-refractivity contribution in [1.82, 2.24) is 4.90 Å². The van der Waals surface area contributed by atoms with E-state index in [4.69, 9.17) is 4.74 Å². The van der Waals surface area contributed by atoms with Gasteiger partial charge in [-0.05, 0) is 19.3 Å². The molecule has 1 saturated carbocycles. The van der Waals surface area contributed by atoms with Crippen LogP contribution >= 0.6 is 0 Å². The summed E-state index contributed by atoms with van der Waals surface area (Å²) in [6, 6.07) is 2.23. The summed E-state index contributed by atoms with van der Waals surface area (Å²) in [7, 11) is 3.42. The Kier molecular flexibility index (Phi) is 4.75. The average molecular weight is 224 g/mol. The van der Waals surface area contributed by atoms with Gasteiger partial charge in [0.1, 0.15) is 5.41 Å². The van der Waals surface area contributed by atoms with Crippen molar-refractivity contribution in [3.05, 3.63) is 0 Å². The summed E-state index contributed by atoms with van der Waals surface area (Å²) >= 11 is 0. The number of rotatable bonds is 5. The lowest BCUT2D eigenvalue weighted by Gasteiger charge is -2.26. The minimum Gasteiger partial charge on any atom is -0.385 e. The van der Waals surface area contributed by atoms with Crippen molar-refractivity contribution in [2.75, 3.05) is 27.3 Å². The van der Waals surface area contributed by atoms with Crippen LogP contribution in [0.1, 0.15) is 32.1 Å². The van der Waals surface area contributed by atoms with E-state index < -0.39 is 5.41 Å². The Labute approximate surface area is 97.2 Å². The van der Waals surface area contributed by atoms with Crippen molar-refractivity contribution >= 4 is 5.91 Å². The highest BCUT2D eigenvalue weighted by atomic mass is 16.5. The van der Waals surface area contributed by atoms with E-state index in [1.807, 2.05) is 0 Å². The van der Waals surface area contributed by atoms with Gasteiger partial charge in [0.25, 0.3) is 0 Å². The number of nitrogens with zero attached hydrogens (tertiary/aromatic N) is 2. The van der Waals surface area contributed by atoms with Crippen LogP contribution in [0.15, 0.2) is 0 Å². The molecule has 0 saturated heterocycles. The van der Waals surface area contributed by atoms with E-state index in [1.54, 1.807) is 19.1 Å². The molecule has 1 rings (SSSR count). The molecule has 0 heterocycles. The zero-order chi connectivity index (χ0) is 12.0. The van der Waals surface area contributed by atoms with Gasteiger partial charge in [0.2, 0.25) is 5.91 Å². The van der Waals surface area contributed by atoms with Crippen LogP contribution < -0.4 is 0 Å². The minimum absolute atomic E-state index is 0.0106. The second kappa shape index (κ2) is 5.86. The van der Waals surface area contributed by atoms with Crippen molar-refractivity contribution < 1.29 is 9.53 Å². The second-order valence-electron chi connectivity index (χ2n) is 4.47. The number of hydrogen-bond donors (Lipinski definition) is 0. The standard InChI is InChI=1S/C12H20N2O2/c1-14(8-5-9-16-2)11(15)12(10-13)6-3-4-7-12/h3-9H2,1-2H3. The van der Waals surface area contributed by atoms with E-state index in [0.29, 0.717) is 13.2 Å². The first-order valence-electron chi connectivity index (χ1n) is 5.82. The molecule has 90 valence electrons. The third-order valence-corrected chi connectivity index (χ3v) is 3.27. The summed E-state index contributed by atoms with van der Waals surface area (Å²) in [5.74, 6) is -0.0106. The average Bonchev–Trinajstić information content (AvgIpc) is 2.78. The number of amides is 1. The predicted molar refractivity (Wildman–Crippen MR) is 60.6 cm³/mol. The molecular weight excluding hydrogens is 204 g/mol. The van der Waals surface area contributed by atoms with E-state index in [0.717, 1.165) is 32.1 Å². The molecule has 0 spiro atoms. The van der Waals surface area contributed by atoms with Crippen molar-refractivity contribution in [2.45, 2.75) is 32.1 Å². The Hall–Kier alpha value is -1.08. The Balaban J connectivity index is 2.52. The van der Waals surface area contributed by atoms with Gasteiger partial charge in [-0.3, -0.25) is 4.79 Å². The van der Waals surface area contributed by atoms with Crippen molar-refractivity contribution in [3.63, 3.8) is 0 Å². The van der Waals surface area contributed by atoms with Gasteiger partial charge in [0.15, 0.2) is 0 Å². The molecule has 1 aliphatic rings. The molecule has 0 atom stereocenters. The molecule has 0 aliphatic heterocycles. The molecule has 0 bridgehead atoms. The number of methoxy groups -OCH3 is 1. The quantitative estimate of drug-likeness (QED) is 0.666. The monoisotopic (exact) mass is 224 g/mol. The Bertz CT molecular complexity index is 277. The highest BCUT2D eigenvalue weighted by Crippen LogP contribution is 2.38. The summed E-state index contributed by atoms with van der Waals surface area (Å²) in [5.41, 5.74) is -0.734. The second-order valence-corrected chi connectivity index (χ2v) is 4.47. The van der Waals surface area contributed by atoms with Gasteiger partial charge in [0, 0.05) is 27.3 Å². The van der Waals surface area contributed by atoms with Crippen molar-refractivity contribution in [1.29, 1.82) is 5.26 Å². The highest BCUT2D eigenvalue weighted by molar-refractivity contribution is 5.85. The fourth-order valence-electron chi connectivity index (χ4n) is 2.26. The molecule has 16 heavy (non-hydrogen) atoms. The van der Waals surface area contributed by atoms with E-state index in [-0.39, 0.29) is 5.91 Å². The van der Waals surface area contributed by atoms with Crippen LogP contribution in [0.4, 0.5) is 0 Å². The molecule has 1 amide bonds. The van der Waals surface area contributed by atoms with E-state index in [1.165, 1.54) is 0 Å². The largest absolute Gasteiger partial charge is 0.385 e. The number of nitriles is 1. The van der Waals surface area contributed by atoms with Gasteiger partial charge in [0.05, 0.1) is 6.07 Å². The molecule has 0 aromatic heterocycles. The van der Waals surface area contributed by atoms with Crippen LogP contribution in [-0.2, 0) is 9.53 Å². The fourth-order valence-corrected chi connectivity index (χ4v) is 2.26. The van der Waals surface area contributed by atoms with Crippen LogP contribution in [-0.4, -0.2) is 38.1 Å². The van der Waals surface area contributed by atoms with Gasteiger partial charge < -0.3 is 9.64 Å². The molecule has 0 aromatic carbocycles. The Morgan fingerprint density at radius 3 is 2.62 bits per heavy atom. The first kappa shape index (κ1) is 13.0. The van der Waals surface area contributed by atoms with Crippen LogP contribution in [0.3, 0.4) is 0 Å². The summed E-state index contributed by atoms with van der Waals surface area (Å²) in [4.78, 5) is 13.8. The van der Waals surface area contributed by atoms with Crippen molar-refractivity contribution in [2.24, 2.45) is 5.41 Å². The maximum atomic E-state index is 12.2. The SMILES string of the molecule is COCCCN(C)C(=O)C1(C#N)CCCC1. The molecule has 0 unspecified atom stereocenters. The molecule has 0 radical (unpaired) electrons. The normalized spacial score (nSPS) is 18.1. The van der Waals surface area contributed by atoms with Gasteiger partial charge in [-0.15, -0.1) is 0 Å². The maximum absolute atomic E-state index is 12.2. The summed E-state index contributed by atoms with van der Waals surface area (Å²) in [5, 5.41) is 9.19. The molecule has 0 aromatic rings. The van der Waals surface area contributed by atoms with E-state index in [9.17, 15) is 10.1 Å². The van der Waals surface area contributed by atoms with Crippen molar-refractivity contribution in [3.8, 4) is 6.07 Å². The first-order valence-corrected chi connectivity index (χ1v) is 5.82. The smallest absolute Gasteiger partial charge is 0.242 e. The van der Waals surface area contributed by atoms with E-state index >= 15 is 0 Å².